The lowest BCUT2D eigenvalue weighted by Crippen LogP contribution is -2.44. The van der Waals surface area contributed by atoms with Crippen molar-refractivity contribution >= 4 is 29.9 Å². The molecule has 0 amide bonds. The summed E-state index contributed by atoms with van der Waals surface area (Å²) in [6.07, 6.45) is 4.54. The number of nitrogens with one attached hydrogen (secondary N) is 2. The van der Waals surface area contributed by atoms with E-state index in [4.69, 9.17) is 0 Å². The van der Waals surface area contributed by atoms with Gasteiger partial charge in [-0.3, -0.25) is 4.99 Å². The van der Waals surface area contributed by atoms with E-state index in [2.05, 4.69) is 27.6 Å². The molecular formula is C19H30FIN4. The second-order valence-electron chi connectivity index (χ2n) is 7.31. The molecule has 1 aromatic carbocycles. The second kappa shape index (κ2) is 9.16. The Morgan fingerprint density at radius 3 is 2.52 bits per heavy atom. The first kappa shape index (κ1) is 20.4. The van der Waals surface area contributed by atoms with Crippen LogP contribution in [0.3, 0.4) is 0 Å². The fourth-order valence-corrected chi connectivity index (χ4v) is 3.56. The maximum absolute atomic E-state index is 14.1. The summed E-state index contributed by atoms with van der Waals surface area (Å²) in [6.45, 7) is 4.05. The van der Waals surface area contributed by atoms with Gasteiger partial charge in [0.15, 0.2) is 5.96 Å². The number of halogens is 2. The number of hydrogen-bond acceptors (Lipinski definition) is 2. The zero-order valence-electron chi connectivity index (χ0n) is 15.2. The summed E-state index contributed by atoms with van der Waals surface area (Å²) in [6, 6.07) is 7.15. The largest absolute Gasteiger partial charge is 0.356 e. The Balaban J connectivity index is 0.00000225. The molecule has 0 atom stereocenters. The average molecular weight is 460 g/mol. The third-order valence-corrected chi connectivity index (χ3v) is 5.51. The molecule has 3 rings (SSSR count). The first-order valence-corrected chi connectivity index (χ1v) is 9.01. The van der Waals surface area contributed by atoms with Gasteiger partial charge in [-0.05, 0) is 63.4 Å². The van der Waals surface area contributed by atoms with Crippen molar-refractivity contribution in [3.63, 3.8) is 0 Å². The van der Waals surface area contributed by atoms with Crippen LogP contribution in [0.1, 0.15) is 31.2 Å². The van der Waals surface area contributed by atoms with Gasteiger partial charge >= 0.3 is 0 Å². The van der Waals surface area contributed by atoms with Crippen molar-refractivity contribution in [2.75, 3.05) is 40.3 Å². The van der Waals surface area contributed by atoms with E-state index in [9.17, 15) is 4.39 Å². The fraction of sp³-hybridized carbons (Fsp3) is 0.632. The molecule has 6 heteroatoms. The Kier molecular flexibility index (Phi) is 7.49. The normalized spacial score (nSPS) is 20.7. The summed E-state index contributed by atoms with van der Waals surface area (Å²) in [4.78, 5) is 6.71. The number of rotatable bonds is 5. The zero-order valence-corrected chi connectivity index (χ0v) is 17.6. The molecule has 2 aliphatic rings. The number of hydrogen-bond donors (Lipinski definition) is 2. The van der Waals surface area contributed by atoms with Gasteiger partial charge in [-0.2, -0.15) is 0 Å². The lowest BCUT2D eigenvalue weighted by atomic mass is 9.95. The number of aliphatic imine (C=N–C) groups is 1. The smallest absolute Gasteiger partial charge is 0.191 e. The highest BCUT2D eigenvalue weighted by molar-refractivity contribution is 14.0. The molecule has 1 saturated carbocycles. The van der Waals surface area contributed by atoms with E-state index < -0.39 is 0 Å². The van der Waals surface area contributed by atoms with Gasteiger partial charge in [0.2, 0.25) is 0 Å². The standard InChI is InChI=1S/C19H29FN4.HI/c1-21-18(22-13-15-7-11-24(2)12-8-15)23-14-19(9-10-19)16-5-3-4-6-17(16)20;/h3-6,15H,7-14H2,1-2H3,(H2,21,22,23);1H. The first-order valence-electron chi connectivity index (χ1n) is 9.01. The van der Waals surface area contributed by atoms with E-state index in [-0.39, 0.29) is 35.2 Å². The Labute approximate surface area is 167 Å². The van der Waals surface area contributed by atoms with E-state index in [1.54, 1.807) is 19.2 Å². The van der Waals surface area contributed by atoms with Gasteiger partial charge in [-0.15, -0.1) is 24.0 Å². The molecule has 2 fully saturated rings. The summed E-state index contributed by atoms with van der Waals surface area (Å²) < 4.78 is 14.1. The minimum absolute atomic E-state index is 0. The molecule has 1 aromatic rings. The van der Waals surface area contributed by atoms with Gasteiger partial charge in [0, 0.05) is 25.6 Å². The van der Waals surface area contributed by atoms with Crippen LogP contribution in [0, 0.1) is 11.7 Å². The zero-order chi connectivity index (χ0) is 17.0. The molecule has 1 aliphatic carbocycles. The van der Waals surface area contributed by atoms with E-state index in [0.717, 1.165) is 37.5 Å². The van der Waals surface area contributed by atoms with Crippen molar-refractivity contribution < 1.29 is 4.39 Å². The maximum atomic E-state index is 14.1. The van der Waals surface area contributed by atoms with Crippen LogP contribution >= 0.6 is 24.0 Å². The van der Waals surface area contributed by atoms with Crippen molar-refractivity contribution in [1.29, 1.82) is 0 Å². The minimum atomic E-state index is -0.0916. The van der Waals surface area contributed by atoms with E-state index in [0.29, 0.717) is 5.92 Å². The molecule has 0 aromatic heterocycles. The highest BCUT2D eigenvalue weighted by atomic mass is 127. The number of piperidine rings is 1. The number of nitrogens with zero attached hydrogens (tertiary/aromatic N) is 2. The fourth-order valence-electron chi connectivity index (χ4n) is 3.56. The van der Waals surface area contributed by atoms with Crippen molar-refractivity contribution in [2.45, 2.75) is 31.1 Å². The average Bonchev–Trinajstić information content (AvgIpc) is 3.38. The minimum Gasteiger partial charge on any atom is -0.356 e. The summed E-state index contributed by atoms with van der Waals surface area (Å²) in [7, 11) is 3.98. The lowest BCUT2D eigenvalue weighted by molar-refractivity contribution is 0.220. The molecule has 1 aliphatic heterocycles. The molecule has 0 bridgehead atoms. The molecular weight excluding hydrogens is 430 g/mol. The maximum Gasteiger partial charge on any atom is 0.191 e. The second-order valence-corrected chi connectivity index (χ2v) is 7.31. The molecule has 0 unspecified atom stereocenters. The van der Waals surface area contributed by atoms with Crippen LogP contribution in [-0.4, -0.2) is 51.1 Å². The Morgan fingerprint density at radius 1 is 1.24 bits per heavy atom. The molecule has 25 heavy (non-hydrogen) atoms. The molecule has 0 radical (unpaired) electrons. The monoisotopic (exact) mass is 460 g/mol. The Morgan fingerprint density at radius 2 is 1.92 bits per heavy atom. The van der Waals surface area contributed by atoms with Crippen LogP contribution in [-0.2, 0) is 5.41 Å². The molecule has 140 valence electrons. The van der Waals surface area contributed by atoms with Crippen LogP contribution in [0.25, 0.3) is 0 Å². The summed E-state index contributed by atoms with van der Waals surface area (Å²) in [5.74, 6) is 1.45. The summed E-state index contributed by atoms with van der Waals surface area (Å²) in [5.41, 5.74) is 0.777. The van der Waals surface area contributed by atoms with Crippen molar-refractivity contribution in [3.8, 4) is 0 Å². The third-order valence-electron chi connectivity index (χ3n) is 5.51. The molecule has 2 N–H and O–H groups in total. The predicted octanol–water partition coefficient (Wildman–Crippen LogP) is 2.98. The molecule has 1 heterocycles. The number of benzene rings is 1. The highest BCUT2D eigenvalue weighted by Gasteiger charge is 2.45. The van der Waals surface area contributed by atoms with Crippen LogP contribution in [0.5, 0.6) is 0 Å². The summed E-state index contributed by atoms with van der Waals surface area (Å²) >= 11 is 0. The van der Waals surface area contributed by atoms with Gasteiger partial charge in [0.25, 0.3) is 0 Å². The van der Waals surface area contributed by atoms with Crippen LogP contribution in [0.4, 0.5) is 4.39 Å². The van der Waals surface area contributed by atoms with E-state index >= 15 is 0 Å². The van der Waals surface area contributed by atoms with Gasteiger partial charge in [-0.25, -0.2) is 4.39 Å². The van der Waals surface area contributed by atoms with Crippen molar-refractivity contribution in [3.05, 3.63) is 35.6 Å². The van der Waals surface area contributed by atoms with Gasteiger partial charge < -0.3 is 15.5 Å². The first-order chi connectivity index (χ1) is 11.6. The highest BCUT2D eigenvalue weighted by Crippen LogP contribution is 2.48. The van der Waals surface area contributed by atoms with Gasteiger partial charge in [0.1, 0.15) is 5.82 Å². The Bertz CT molecular complexity index is 581. The van der Waals surface area contributed by atoms with Crippen molar-refractivity contribution in [1.82, 2.24) is 15.5 Å². The summed E-state index contributed by atoms with van der Waals surface area (Å²) in [5, 5.41) is 6.86. The van der Waals surface area contributed by atoms with Crippen molar-refractivity contribution in [2.24, 2.45) is 10.9 Å². The molecule has 0 spiro atoms. The van der Waals surface area contributed by atoms with Crippen LogP contribution in [0.2, 0.25) is 0 Å². The Hall–Kier alpha value is -0.890. The molecule has 1 saturated heterocycles. The number of guanidine groups is 1. The van der Waals surface area contributed by atoms with E-state index in [1.165, 1.54) is 25.9 Å². The number of likely N-dealkylation sites (tertiary alicyclic amines) is 1. The van der Waals surface area contributed by atoms with Crippen LogP contribution < -0.4 is 10.6 Å². The quantitative estimate of drug-likeness (QED) is 0.403. The molecule has 4 nitrogen and oxygen atoms in total. The third kappa shape index (κ3) is 5.29. The SMILES string of the molecule is CN=C(NCC1CCN(C)CC1)NCC1(c2ccccc2F)CC1.I. The predicted molar refractivity (Wildman–Crippen MR) is 112 cm³/mol. The lowest BCUT2D eigenvalue weighted by Gasteiger charge is -2.29. The van der Waals surface area contributed by atoms with Gasteiger partial charge in [0.05, 0.1) is 0 Å². The topological polar surface area (TPSA) is 39.7 Å². The van der Waals surface area contributed by atoms with Crippen LogP contribution in [0.15, 0.2) is 29.3 Å². The van der Waals surface area contributed by atoms with E-state index in [1.807, 2.05) is 12.1 Å². The van der Waals surface area contributed by atoms with Gasteiger partial charge in [-0.1, -0.05) is 18.2 Å².